The van der Waals surface area contributed by atoms with E-state index in [9.17, 15) is 0 Å². The summed E-state index contributed by atoms with van der Waals surface area (Å²) in [6, 6.07) is 13.1. The largest absolute Gasteiger partial charge is 0.420 e. The van der Waals surface area contributed by atoms with Gasteiger partial charge in [-0.1, -0.05) is 44.2 Å². The zero-order chi connectivity index (χ0) is 11.3. The third-order valence-electron chi connectivity index (χ3n) is 3.35. The van der Waals surface area contributed by atoms with Crippen LogP contribution in [0, 0.1) is 0 Å². The molecule has 0 saturated heterocycles. The molecule has 0 aliphatic heterocycles. The maximum Gasteiger partial charge on any atom is 0.189 e. The minimum absolute atomic E-state index is 0.614. The summed E-state index contributed by atoms with van der Waals surface area (Å²) in [4.78, 5) is 0. The number of benzene rings is 1. The molecule has 84 valence electrons. The lowest BCUT2D eigenvalue weighted by Gasteiger charge is -2.27. The van der Waals surface area contributed by atoms with Gasteiger partial charge in [0.2, 0.25) is 0 Å². The summed E-state index contributed by atoms with van der Waals surface area (Å²) in [5.41, 5.74) is 1.43. The molecule has 1 nitrogen and oxygen atoms in total. The first-order valence-electron chi connectivity index (χ1n) is 5.71. The van der Waals surface area contributed by atoms with Crippen molar-refractivity contribution in [3.63, 3.8) is 0 Å². The highest BCUT2D eigenvalue weighted by Crippen LogP contribution is 2.28. The van der Waals surface area contributed by atoms with E-state index in [0.29, 0.717) is 5.92 Å². The fraction of sp³-hybridized carbons (Fsp3) is 0.538. The highest BCUT2D eigenvalue weighted by molar-refractivity contribution is 6.72. The van der Waals surface area contributed by atoms with Crippen molar-refractivity contribution in [1.29, 1.82) is 0 Å². The minimum atomic E-state index is -1.44. The Morgan fingerprint density at radius 1 is 1.27 bits per heavy atom. The smallest absolute Gasteiger partial charge is 0.189 e. The van der Waals surface area contributed by atoms with E-state index < -0.39 is 8.32 Å². The molecule has 2 atom stereocenters. The molecule has 1 rings (SSSR count). The van der Waals surface area contributed by atoms with Crippen molar-refractivity contribution >= 4 is 8.32 Å². The van der Waals surface area contributed by atoms with Gasteiger partial charge in [-0.25, -0.2) is 0 Å². The van der Waals surface area contributed by atoms with E-state index in [0.717, 1.165) is 0 Å². The van der Waals surface area contributed by atoms with Gasteiger partial charge in [-0.3, -0.25) is 0 Å². The Morgan fingerprint density at radius 3 is 2.33 bits per heavy atom. The van der Waals surface area contributed by atoms with E-state index in [4.69, 9.17) is 4.43 Å². The number of hydrogen-bond donors (Lipinski definition) is 0. The summed E-state index contributed by atoms with van der Waals surface area (Å²) in [5, 5.41) is 0. The van der Waals surface area contributed by atoms with Crippen molar-refractivity contribution in [2.75, 3.05) is 7.11 Å². The molecule has 2 unspecified atom stereocenters. The first kappa shape index (κ1) is 12.5. The Bertz CT molecular complexity index is 280. The summed E-state index contributed by atoms with van der Waals surface area (Å²) >= 11 is 0. The molecule has 15 heavy (non-hydrogen) atoms. The molecule has 0 spiro atoms. The van der Waals surface area contributed by atoms with E-state index in [1.54, 1.807) is 0 Å². The molecule has 0 saturated carbocycles. The van der Waals surface area contributed by atoms with Crippen LogP contribution < -0.4 is 0 Å². The summed E-state index contributed by atoms with van der Waals surface area (Å²) < 4.78 is 5.72. The van der Waals surface area contributed by atoms with E-state index in [1.165, 1.54) is 17.7 Å². The Kier molecular flexibility index (Phi) is 4.55. The maximum atomic E-state index is 5.72. The van der Waals surface area contributed by atoms with Crippen molar-refractivity contribution < 1.29 is 4.43 Å². The minimum Gasteiger partial charge on any atom is -0.420 e. The predicted molar refractivity (Wildman–Crippen MR) is 68.8 cm³/mol. The molecule has 0 aromatic heterocycles. The van der Waals surface area contributed by atoms with Gasteiger partial charge in [0, 0.05) is 7.11 Å². The van der Waals surface area contributed by atoms with Crippen LogP contribution in [0.2, 0.25) is 18.6 Å². The summed E-state index contributed by atoms with van der Waals surface area (Å²) in [6.07, 6.45) is 0. The summed E-state index contributed by atoms with van der Waals surface area (Å²) in [5.74, 6) is 0.614. The van der Waals surface area contributed by atoms with Gasteiger partial charge in [0.1, 0.15) is 0 Å². The average Bonchev–Trinajstić information content (AvgIpc) is 2.30. The van der Waals surface area contributed by atoms with E-state index in [-0.39, 0.29) is 0 Å². The van der Waals surface area contributed by atoms with Crippen molar-refractivity contribution in [1.82, 2.24) is 0 Å². The fourth-order valence-corrected chi connectivity index (χ4v) is 4.19. The van der Waals surface area contributed by atoms with Crippen LogP contribution >= 0.6 is 0 Å². The third-order valence-corrected chi connectivity index (χ3v) is 7.30. The van der Waals surface area contributed by atoms with Gasteiger partial charge >= 0.3 is 0 Å². The molecule has 1 aromatic rings. The average molecular weight is 222 g/mol. The van der Waals surface area contributed by atoms with Crippen LogP contribution in [-0.2, 0) is 4.43 Å². The molecule has 0 aliphatic carbocycles. The molecular weight excluding hydrogens is 200 g/mol. The lowest BCUT2D eigenvalue weighted by molar-refractivity contribution is 0.394. The zero-order valence-corrected chi connectivity index (χ0v) is 11.3. The Hall–Kier alpha value is -0.603. The molecule has 0 bridgehead atoms. The van der Waals surface area contributed by atoms with Crippen LogP contribution in [-0.4, -0.2) is 15.4 Å². The molecule has 0 aliphatic rings. The van der Waals surface area contributed by atoms with Gasteiger partial charge in [0.25, 0.3) is 0 Å². The number of rotatable bonds is 5. The van der Waals surface area contributed by atoms with Crippen molar-refractivity contribution in [2.45, 2.75) is 38.4 Å². The van der Waals surface area contributed by atoms with Gasteiger partial charge < -0.3 is 4.43 Å². The Balaban J connectivity index is 2.67. The fourth-order valence-electron chi connectivity index (χ4n) is 1.92. The molecule has 1 aromatic carbocycles. The van der Waals surface area contributed by atoms with E-state index in [1.807, 2.05) is 7.11 Å². The van der Waals surface area contributed by atoms with Crippen LogP contribution in [0.15, 0.2) is 30.3 Å². The van der Waals surface area contributed by atoms with Crippen LogP contribution in [0.5, 0.6) is 0 Å². The van der Waals surface area contributed by atoms with Gasteiger partial charge in [0.15, 0.2) is 8.32 Å². The van der Waals surface area contributed by atoms with Gasteiger partial charge in [0.05, 0.1) is 0 Å². The van der Waals surface area contributed by atoms with Gasteiger partial charge in [-0.15, -0.1) is 0 Å². The zero-order valence-electron chi connectivity index (χ0n) is 10.3. The maximum absolute atomic E-state index is 5.72. The summed E-state index contributed by atoms with van der Waals surface area (Å²) in [6.45, 7) is 6.87. The standard InChI is InChI=1S/C13H22OSi/c1-5-15(4,14-3)11-12(2)13-9-7-6-8-10-13/h6-10,12H,5,11H2,1-4H3. The van der Waals surface area contributed by atoms with E-state index >= 15 is 0 Å². The van der Waals surface area contributed by atoms with Crippen molar-refractivity contribution in [3.05, 3.63) is 35.9 Å². The van der Waals surface area contributed by atoms with Crippen molar-refractivity contribution in [2.24, 2.45) is 0 Å². The van der Waals surface area contributed by atoms with Crippen LogP contribution in [0.3, 0.4) is 0 Å². The van der Waals surface area contributed by atoms with Crippen LogP contribution in [0.4, 0.5) is 0 Å². The first-order valence-corrected chi connectivity index (χ1v) is 8.53. The quantitative estimate of drug-likeness (QED) is 0.683. The third kappa shape index (κ3) is 3.47. The molecule has 0 heterocycles. The lowest BCUT2D eigenvalue weighted by Crippen LogP contribution is -2.33. The lowest BCUT2D eigenvalue weighted by atomic mass is 10.0. The Labute approximate surface area is 94.6 Å². The van der Waals surface area contributed by atoms with Crippen molar-refractivity contribution in [3.8, 4) is 0 Å². The monoisotopic (exact) mass is 222 g/mol. The molecule has 0 fully saturated rings. The predicted octanol–water partition coefficient (Wildman–Crippen LogP) is 4.03. The second-order valence-electron chi connectivity index (χ2n) is 4.52. The topological polar surface area (TPSA) is 9.23 Å². The molecule has 2 heteroatoms. The van der Waals surface area contributed by atoms with Gasteiger partial charge in [-0.05, 0) is 30.1 Å². The SMILES string of the molecule is CC[Si](C)(CC(C)c1ccccc1)OC. The summed E-state index contributed by atoms with van der Waals surface area (Å²) in [7, 11) is 0.425. The molecule has 0 N–H and O–H groups in total. The molecule has 0 radical (unpaired) electrons. The van der Waals surface area contributed by atoms with Crippen LogP contribution in [0.25, 0.3) is 0 Å². The van der Waals surface area contributed by atoms with Crippen LogP contribution in [0.1, 0.15) is 25.3 Å². The second kappa shape index (κ2) is 5.47. The molecule has 0 amide bonds. The normalized spacial score (nSPS) is 17.1. The van der Waals surface area contributed by atoms with E-state index in [2.05, 4.69) is 50.7 Å². The second-order valence-corrected chi connectivity index (χ2v) is 8.95. The highest BCUT2D eigenvalue weighted by Gasteiger charge is 2.28. The number of hydrogen-bond acceptors (Lipinski definition) is 1. The highest BCUT2D eigenvalue weighted by atomic mass is 28.4. The Morgan fingerprint density at radius 2 is 1.87 bits per heavy atom. The van der Waals surface area contributed by atoms with Gasteiger partial charge in [-0.2, -0.15) is 0 Å². The molecular formula is C13H22OSi. The first-order chi connectivity index (χ1) is 7.11.